The molecule has 4 heteroatoms. The Morgan fingerprint density at radius 2 is 1.79 bits per heavy atom. The minimum Gasteiger partial charge on any atom is -0.352 e. The minimum atomic E-state index is -0.807. The van der Waals surface area contributed by atoms with Crippen molar-refractivity contribution in [3.05, 3.63) is 58.4 Å². The number of hydrogen-bond acceptors (Lipinski definition) is 1. The standard InChI is InChI=1S/C15H18F2N2/c1-10-6-13(11(2)19(10)3)9-18-8-12-4-5-14(16)15(17)7-12/h4-7,18H,8-9H2,1-3H3. The number of nitrogens with one attached hydrogen (secondary N) is 1. The second-order valence-corrected chi connectivity index (χ2v) is 4.81. The van der Waals surface area contributed by atoms with Crippen LogP contribution in [0.5, 0.6) is 0 Å². The van der Waals surface area contributed by atoms with Gasteiger partial charge >= 0.3 is 0 Å². The van der Waals surface area contributed by atoms with Gasteiger partial charge in [-0.25, -0.2) is 8.78 Å². The zero-order valence-electron chi connectivity index (χ0n) is 11.4. The van der Waals surface area contributed by atoms with Crippen LogP contribution in [0.4, 0.5) is 8.78 Å². The van der Waals surface area contributed by atoms with Gasteiger partial charge in [-0.1, -0.05) is 6.07 Å². The molecule has 0 saturated carbocycles. The smallest absolute Gasteiger partial charge is 0.159 e. The molecular formula is C15H18F2N2. The lowest BCUT2D eigenvalue weighted by Crippen LogP contribution is -2.13. The Morgan fingerprint density at radius 3 is 2.37 bits per heavy atom. The highest BCUT2D eigenvalue weighted by molar-refractivity contribution is 5.26. The highest BCUT2D eigenvalue weighted by Crippen LogP contribution is 2.13. The third-order valence-electron chi connectivity index (χ3n) is 3.51. The molecule has 0 aliphatic carbocycles. The Kier molecular flexibility index (Phi) is 4.00. The van der Waals surface area contributed by atoms with Crippen LogP contribution >= 0.6 is 0 Å². The summed E-state index contributed by atoms with van der Waals surface area (Å²) in [5, 5.41) is 3.24. The molecule has 1 N–H and O–H groups in total. The maximum atomic E-state index is 13.0. The molecule has 0 radical (unpaired) electrons. The first-order valence-electron chi connectivity index (χ1n) is 6.25. The van der Waals surface area contributed by atoms with E-state index < -0.39 is 11.6 Å². The van der Waals surface area contributed by atoms with Crippen molar-refractivity contribution in [3.63, 3.8) is 0 Å². The Hall–Kier alpha value is -1.68. The largest absolute Gasteiger partial charge is 0.352 e. The molecule has 2 aromatic rings. The predicted octanol–water partition coefficient (Wildman–Crippen LogP) is 3.21. The summed E-state index contributed by atoms with van der Waals surface area (Å²) in [6.45, 7) is 5.37. The second kappa shape index (κ2) is 5.53. The number of nitrogens with zero attached hydrogens (tertiary/aromatic N) is 1. The zero-order valence-corrected chi connectivity index (χ0v) is 11.4. The number of halogens is 2. The van der Waals surface area contributed by atoms with Crippen LogP contribution in [0.1, 0.15) is 22.5 Å². The van der Waals surface area contributed by atoms with Gasteiger partial charge in [0.05, 0.1) is 0 Å². The summed E-state index contributed by atoms with van der Waals surface area (Å²) < 4.78 is 28.0. The van der Waals surface area contributed by atoms with Crippen molar-refractivity contribution in [2.24, 2.45) is 7.05 Å². The minimum absolute atomic E-state index is 0.518. The molecule has 0 spiro atoms. The topological polar surface area (TPSA) is 17.0 Å². The van der Waals surface area contributed by atoms with E-state index in [2.05, 4.69) is 29.8 Å². The molecule has 1 heterocycles. The maximum absolute atomic E-state index is 13.0. The zero-order chi connectivity index (χ0) is 14.0. The van der Waals surface area contributed by atoms with E-state index in [0.29, 0.717) is 13.1 Å². The molecule has 0 bridgehead atoms. The van der Waals surface area contributed by atoms with Crippen LogP contribution in [-0.4, -0.2) is 4.57 Å². The summed E-state index contributed by atoms with van der Waals surface area (Å²) in [6.07, 6.45) is 0. The Labute approximate surface area is 112 Å². The predicted molar refractivity (Wildman–Crippen MR) is 71.8 cm³/mol. The molecule has 0 atom stereocenters. The van der Waals surface area contributed by atoms with Crippen molar-refractivity contribution in [2.45, 2.75) is 26.9 Å². The first kappa shape index (κ1) is 13.7. The molecule has 2 nitrogen and oxygen atoms in total. The molecular weight excluding hydrogens is 246 g/mol. The molecule has 0 aliphatic rings. The van der Waals surface area contributed by atoms with Gasteiger partial charge in [0.25, 0.3) is 0 Å². The van der Waals surface area contributed by atoms with Crippen LogP contribution in [0.25, 0.3) is 0 Å². The summed E-state index contributed by atoms with van der Waals surface area (Å²) in [5.41, 5.74) is 4.39. The van der Waals surface area contributed by atoms with E-state index in [-0.39, 0.29) is 0 Å². The number of rotatable bonds is 4. The van der Waals surface area contributed by atoms with E-state index in [1.807, 2.05) is 7.05 Å². The van der Waals surface area contributed by atoms with Gasteiger partial charge in [-0.3, -0.25) is 0 Å². The lowest BCUT2D eigenvalue weighted by atomic mass is 10.2. The van der Waals surface area contributed by atoms with Gasteiger partial charge < -0.3 is 9.88 Å². The lowest BCUT2D eigenvalue weighted by Gasteiger charge is -2.06. The van der Waals surface area contributed by atoms with Gasteiger partial charge in [-0.2, -0.15) is 0 Å². The molecule has 2 rings (SSSR count). The molecule has 0 amide bonds. The third kappa shape index (κ3) is 3.01. The number of aromatic nitrogens is 1. The molecule has 1 aromatic heterocycles. The van der Waals surface area contributed by atoms with Gasteiger partial charge in [-0.05, 0) is 43.2 Å². The SMILES string of the molecule is Cc1cc(CNCc2ccc(F)c(F)c2)c(C)n1C. The fraction of sp³-hybridized carbons (Fsp3) is 0.333. The van der Waals surface area contributed by atoms with Gasteiger partial charge in [0.2, 0.25) is 0 Å². The van der Waals surface area contributed by atoms with Gasteiger partial charge in [-0.15, -0.1) is 0 Å². The van der Waals surface area contributed by atoms with E-state index in [4.69, 9.17) is 0 Å². The van der Waals surface area contributed by atoms with Crippen LogP contribution in [0.2, 0.25) is 0 Å². The monoisotopic (exact) mass is 264 g/mol. The fourth-order valence-corrected chi connectivity index (χ4v) is 2.10. The van der Waals surface area contributed by atoms with Crippen LogP contribution in [-0.2, 0) is 20.1 Å². The van der Waals surface area contributed by atoms with E-state index in [1.54, 1.807) is 6.07 Å². The summed E-state index contributed by atoms with van der Waals surface area (Å²) in [6, 6.07) is 6.11. The molecule has 1 aromatic carbocycles. The van der Waals surface area contributed by atoms with Crippen LogP contribution in [0, 0.1) is 25.5 Å². The first-order valence-corrected chi connectivity index (χ1v) is 6.25. The lowest BCUT2D eigenvalue weighted by molar-refractivity contribution is 0.506. The van der Waals surface area contributed by atoms with Gasteiger partial charge in [0, 0.05) is 31.5 Å². The van der Waals surface area contributed by atoms with Gasteiger partial charge in [0.1, 0.15) is 0 Å². The number of hydrogen-bond donors (Lipinski definition) is 1. The van der Waals surface area contributed by atoms with Crippen molar-refractivity contribution in [1.29, 1.82) is 0 Å². The normalized spacial score (nSPS) is 11.0. The molecule has 19 heavy (non-hydrogen) atoms. The molecule has 102 valence electrons. The van der Waals surface area contributed by atoms with E-state index in [9.17, 15) is 8.78 Å². The van der Waals surface area contributed by atoms with Crippen LogP contribution < -0.4 is 5.32 Å². The average Bonchev–Trinajstić information content (AvgIpc) is 2.62. The van der Waals surface area contributed by atoms with Crippen molar-refractivity contribution in [1.82, 2.24) is 9.88 Å². The highest BCUT2D eigenvalue weighted by Gasteiger charge is 2.06. The summed E-state index contributed by atoms with van der Waals surface area (Å²) in [4.78, 5) is 0. The molecule has 0 fully saturated rings. The quantitative estimate of drug-likeness (QED) is 0.897. The van der Waals surface area contributed by atoms with Gasteiger partial charge in [0.15, 0.2) is 11.6 Å². The summed E-state index contributed by atoms with van der Waals surface area (Å²) in [7, 11) is 2.03. The fourth-order valence-electron chi connectivity index (χ4n) is 2.10. The van der Waals surface area contributed by atoms with E-state index >= 15 is 0 Å². The summed E-state index contributed by atoms with van der Waals surface area (Å²) in [5.74, 6) is -1.61. The van der Waals surface area contributed by atoms with Crippen molar-refractivity contribution >= 4 is 0 Å². The molecule has 0 unspecified atom stereocenters. The third-order valence-corrected chi connectivity index (χ3v) is 3.51. The Morgan fingerprint density at radius 1 is 1.05 bits per heavy atom. The van der Waals surface area contributed by atoms with E-state index in [1.165, 1.54) is 23.0 Å². The Balaban J connectivity index is 1.96. The number of benzene rings is 1. The first-order chi connectivity index (χ1) is 8.99. The molecule has 0 aliphatic heterocycles. The average molecular weight is 264 g/mol. The molecule has 0 saturated heterocycles. The van der Waals surface area contributed by atoms with E-state index in [0.717, 1.165) is 11.6 Å². The van der Waals surface area contributed by atoms with Crippen molar-refractivity contribution in [3.8, 4) is 0 Å². The summed E-state index contributed by atoms with van der Waals surface area (Å²) >= 11 is 0. The maximum Gasteiger partial charge on any atom is 0.159 e. The van der Waals surface area contributed by atoms with Crippen LogP contribution in [0.3, 0.4) is 0 Å². The highest BCUT2D eigenvalue weighted by atomic mass is 19.2. The van der Waals surface area contributed by atoms with Crippen LogP contribution in [0.15, 0.2) is 24.3 Å². The van der Waals surface area contributed by atoms with Crippen molar-refractivity contribution < 1.29 is 8.78 Å². The Bertz CT molecular complexity index is 588. The second-order valence-electron chi connectivity index (χ2n) is 4.81. The van der Waals surface area contributed by atoms with Crippen molar-refractivity contribution in [2.75, 3.05) is 0 Å². The number of aryl methyl sites for hydroxylation is 1.